The predicted octanol–water partition coefficient (Wildman–Crippen LogP) is 5.15. The number of nitrogens with one attached hydrogen (secondary N) is 2. The lowest BCUT2D eigenvalue weighted by molar-refractivity contribution is -0.0308. The van der Waals surface area contributed by atoms with Crippen molar-refractivity contribution in [2.24, 2.45) is 0 Å². The van der Waals surface area contributed by atoms with E-state index in [9.17, 15) is 13.7 Å². The van der Waals surface area contributed by atoms with Crippen LogP contribution in [-0.4, -0.2) is 60.1 Å². The molecule has 1 aromatic carbocycles. The summed E-state index contributed by atoms with van der Waals surface area (Å²) in [5.41, 5.74) is 2.29. The molecule has 2 aliphatic heterocycles. The second-order valence-corrected chi connectivity index (χ2v) is 12.7. The van der Waals surface area contributed by atoms with Gasteiger partial charge in [-0.15, -0.1) is 0 Å². The molecule has 2 N–H and O–H groups in total. The molecule has 0 saturated carbocycles. The molecule has 0 spiro atoms. The summed E-state index contributed by atoms with van der Waals surface area (Å²) in [6.45, 7) is 3.80. The normalized spacial score (nSPS) is 17.8. The molecule has 43 heavy (non-hydrogen) atoms. The molecule has 224 valence electrons. The summed E-state index contributed by atoms with van der Waals surface area (Å²) in [5, 5.41) is 16.3. The molecule has 3 aromatic heterocycles. The first-order chi connectivity index (χ1) is 20.8. The fraction of sp³-hybridized carbons (Fsp3) is 0.400. The Balaban J connectivity index is 1.40. The van der Waals surface area contributed by atoms with Crippen LogP contribution >= 0.6 is 0 Å². The first kappa shape index (κ1) is 28.9. The third-order valence-corrected chi connectivity index (χ3v) is 8.66. The second-order valence-electron chi connectivity index (χ2n) is 10.7. The molecule has 0 bridgehead atoms. The summed E-state index contributed by atoms with van der Waals surface area (Å²) >= 11 is 0. The van der Waals surface area contributed by atoms with Gasteiger partial charge in [-0.3, -0.25) is 4.57 Å². The van der Waals surface area contributed by atoms with E-state index < -0.39 is 9.84 Å². The molecular formula is C30H33N7O5S. The van der Waals surface area contributed by atoms with Crippen molar-refractivity contribution in [2.75, 3.05) is 36.7 Å². The standard InChI is InChI=1S/C30H33N7O5S/c1-19-32-29-22(33-21-7-3-4-8-25(21)43(2,38)39)17-27(36-30(29)37(19)28-9-5-6-14-41-28)35-26-11-10-24(23(18-31)34-26)42-20-12-15-40-16-13-20/h3-4,7-8,10-11,17,20,28H,5-6,9,12-16H2,1-2H3,(H2,33,34,35,36). The fourth-order valence-corrected chi connectivity index (χ4v) is 6.28. The number of imidazole rings is 1. The number of aryl methyl sites for hydroxylation is 1. The van der Waals surface area contributed by atoms with E-state index in [0.717, 1.165) is 37.9 Å². The van der Waals surface area contributed by atoms with Gasteiger partial charge in [-0.1, -0.05) is 12.1 Å². The van der Waals surface area contributed by atoms with Crippen molar-refractivity contribution in [1.29, 1.82) is 5.26 Å². The van der Waals surface area contributed by atoms with Gasteiger partial charge in [0.05, 0.1) is 29.5 Å². The van der Waals surface area contributed by atoms with Gasteiger partial charge in [0, 0.05) is 31.8 Å². The summed E-state index contributed by atoms with van der Waals surface area (Å²) in [5.74, 6) is 1.98. The number of nitrogens with zero attached hydrogens (tertiary/aromatic N) is 5. The van der Waals surface area contributed by atoms with Crippen molar-refractivity contribution < 1.29 is 22.6 Å². The van der Waals surface area contributed by atoms with E-state index in [1.807, 2.05) is 11.5 Å². The number of benzene rings is 1. The van der Waals surface area contributed by atoms with E-state index in [-0.39, 0.29) is 22.9 Å². The van der Waals surface area contributed by atoms with Crippen LogP contribution in [0.1, 0.15) is 49.9 Å². The van der Waals surface area contributed by atoms with Gasteiger partial charge in [0.1, 0.15) is 41.4 Å². The van der Waals surface area contributed by atoms with Crippen LogP contribution in [0.2, 0.25) is 0 Å². The van der Waals surface area contributed by atoms with Crippen LogP contribution in [0.5, 0.6) is 5.75 Å². The number of sulfone groups is 1. The van der Waals surface area contributed by atoms with Gasteiger partial charge in [0.25, 0.3) is 0 Å². The van der Waals surface area contributed by atoms with Crippen LogP contribution in [0.4, 0.5) is 23.0 Å². The molecule has 2 fully saturated rings. The minimum Gasteiger partial charge on any atom is -0.487 e. The SMILES string of the molecule is Cc1nc2c(Nc3ccccc3S(C)(=O)=O)cc(Nc3ccc(OC4CCOCC4)c(C#N)n3)nc2n1C1CCCCO1. The zero-order chi connectivity index (χ0) is 30.0. The monoisotopic (exact) mass is 603 g/mol. The number of hydrogen-bond acceptors (Lipinski definition) is 11. The summed E-state index contributed by atoms with van der Waals surface area (Å²) in [4.78, 5) is 14.4. The molecule has 13 heteroatoms. The van der Waals surface area contributed by atoms with Crippen molar-refractivity contribution in [2.45, 2.75) is 56.3 Å². The minimum absolute atomic E-state index is 0.0282. The van der Waals surface area contributed by atoms with Gasteiger partial charge in [0.2, 0.25) is 0 Å². The van der Waals surface area contributed by atoms with Crippen molar-refractivity contribution in [1.82, 2.24) is 19.5 Å². The first-order valence-corrected chi connectivity index (χ1v) is 16.2. The highest BCUT2D eigenvalue weighted by Crippen LogP contribution is 2.35. The average Bonchev–Trinajstić information content (AvgIpc) is 3.34. The highest BCUT2D eigenvalue weighted by Gasteiger charge is 2.25. The number of ether oxygens (including phenoxy) is 3. The molecule has 2 saturated heterocycles. The number of aromatic nitrogens is 4. The van der Waals surface area contributed by atoms with Crippen LogP contribution in [0.25, 0.3) is 11.2 Å². The third-order valence-electron chi connectivity index (χ3n) is 7.51. The summed E-state index contributed by atoms with van der Waals surface area (Å²) < 4.78 is 44.6. The van der Waals surface area contributed by atoms with Gasteiger partial charge in [-0.25, -0.2) is 23.4 Å². The van der Waals surface area contributed by atoms with Crippen molar-refractivity contribution >= 4 is 44.0 Å². The molecule has 4 aromatic rings. The molecular weight excluding hydrogens is 570 g/mol. The van der Waals surface area contributed by atoms with Crippen LogP contribution in [0.15, 0.2) is 47.4 Å². The number of hydrogen-bond donors (Lipinski definition) is 2. The van der Waals surface area contributed by atoms with Gasteiger partial charge in [0.15, 0.2) is 26.9 Å². The topological polar surface area (TPSA) is 153 Å². The summed E-state index contributed by atoms with van der Waals surface area (Å²) in [6, 6.07) is 14.1. The number of rotatable bonds is 8. The van der Waals surface area contributed by atoms with Crippen LogP contribution in [-0.2, 0) is 19.3 Å². The van der Waals surface area contributed by atoms with E-state index in [4.69, 9.17) is 24.2 Å². The number of para-hydroxylation sites is 1. The van der Waals surface area contributed by atoms with Crippen LogP contribution < -0.4 is 15.4 Å². The maximum Gasteiger partial charge on any atom is 0.184 e. The van der Waals surface area contributed by atoms with E-state index in [2.05, 4.69) is 21.7 Å². The Kier molecular flexibility index (Phi) is 8.16. The van der Waals surface area contributed by atoms with Crippen LogP contribution in [0.3, 0.4) is 0 Å². The lowest BCUT2D eigenvalue weighted by atomic mass is 10.1. The van der Waals surface area contributed by atoms with Crippen molar-refractivity contribution in [3.8, 4) is 11.8 Å². The molecule has 2 aliphatic rings. The van der Waals surface area contributed by atoms with Gasteiger partial charge in [-0.05, 0) is 50.5 Å². The Morgan fingerprint density at radius 1 is 0.977 bits per heavy atom. The van der Waals surface area contributed by atoms with Gasteiger partial charge in [-0.2, -0.15) is 5.26 Å². The number of fused-ring (bicyclic) bond motifs is 1. The molecule has 6 rings (SSSR count). The molecule has 0 aliphatic carbocycles. The zero-order valence-electron chi connectivity index (χ0n) is 24.0. The summed E-state index contributed by atoms with van der Waals surface area (Å²) in [7, 11) is -3.51. The largest absolute Gasteiger partial charge is 0.487 e. The van der Waals surface area contributed by atoms with E-state index in [1.165, 1.54) is 6.26 Å². The van der Waals surface area contributed by atoms with Crippen molar-refractivity contribution in [3.05, 3.63) is 54.0 Å². The van der Waals surface area contributed by atoms with E-state index in [1.54, 1.807) is 42.5 Å². The minimum atomic E-state index is -3.51. The number of nitriles is 1. The van der Waals surface area contributed by atoms with Gasteiger partial charge >= 0.3 is 0 Å². The molecule has 0 radical (unpaired) electrons. The van der Waals surface area contributed by atoms with Gasteiger partial charge < -0.3 is 24.8 Å². The van der Waals surface area contributed by atoms with Crippen LogP contribution in [0, 0.1) is 18.3 Å². The van der Waals surface area contributed by atoms with E-state index in [0.29, 0.717) is 59.7 Å². The molecule has 12 nitrogen and oxygen atoms in total. The molecule has 0 amide bonds. The Hall–Kier alpha value is -4.25. The maximum absolute atomic E-state index is 12.5. The Bertz CT molecular complexity index is 1790. The zero-order valence-corrected chi connectivity index (χ0v) is 24.9. The van der Waals surface area contributed by atoms with E-state index >= 15 is 0 Å². The molecule has 1 atom stereocenters. The third kappa shape index (κ3) is 6.27. The first-order valence-electron chi connectivity index (χ1n) is 14.3. The molecule has 5 heterocycles. The highest BCUT2D eigenvalue weighted by molar-refractivity contribution is 7.90. The second kappa shape index (κ2) is 12.2. The Morgan fingerprint density at radius 2 is 1.79 bits per heavy atom. The quantitative estimate of drug-likeness (QED) is 0.275. The lowest BCUT2D eigenvalue weighted by Gasteiger charge is -2.25. The maximum atomic E-state index is 12.5. The average molecular weight is 604 g/mol. The number of pyridine rings is 2. The highest BCUT2D eigenvalue weighted by atomic mass is 32.2. The Morgan fingerprint density at radius 3 is 2.53 bits per heavy atom. The summed E-state index contributed by atoms with van der Waals surface area (Å²) in [6.07, 6.45) is 5.29. The van der Waals surface area contributed by atoms with Crippen molar-refractivity contribution in [3.63, 3.8) is 0 Å². The fourth-order valence-electron chi connectivity index (χ4n) is 5.44. The lowest BCUT2D eigenvalue weighted by Crippen LogP contribution is -2.26. The Labute approximate surface area is 249 Å². The molecule has 1 unspecified atom stereocenters. The smallest absolute Gasteiger partial charge is 0.184 e. The predicted molar refractivity (Wildman–Crippen MR) is 161 cm³/mol. The number of anilines is 4.